The maximum Gasteiger partial charge on any atom is 0.268 e. The predicted molar refractivity (Wildman–Crippen MR) is 137 cm³/mol. The molecule has 0 aromatic heterocycles. The Kier molecular flexibility index (Phi) is 8.05. The molecular weight excluding hydrogens is 488 g/mol. The number of methoxy groups -OCH3 is 1. The van der Waals surface area contributed by atoms with Crippen LogP contribution in [0.5, 0.6) is 17.2 Å². The van der Waals surface area contributed by atoms with Gasteiger partial charge in [-0.3, -0.25) is 9.21 Å². The first-order valence-electron chi connectivity index (χ1n) is 11.5. The van der Waals surface area contributed by atoms with E-state index in [1.54, 1.807) is 42.5 Å². The van der Waals surface area contributed by atoms with E-state index in [1.807, 2.05) is 0 Å². The van der Waals surface area contributed by atoms with Crippen LogP contribution in [-0.2, 0) is 16.6 Å². The first-order chi connectivity index (χ1) is 16.9. The third-order valence-electron chi connectivity index (χ3n) is 5.96. The third-order valence-corrected chi connectivity index (χ3v) is 7.99. The van der Waals surface area contributed by atoms with Gasteiger partial charge in [0.25, 0.3) is 10.0 Å². The largest absolute Gasteiger partial charge is 0.508 e. The summed E-state index contributed by atoms with van der Waals surface area (Å²) in [5.41, 5.74) is 1.17. The van der Waals surface area contributed by atoms with Crippen molar-refractivity contribution in [1.82, 2.24) is 4.90 Å². The molecule has 0 saturated carbocycles. The van der Waals surface area contributed by atoms with E-state index in [0.29, 0.717) is 23.6 Å². The van der Waals surface area contributed by atoms with Gasteiger partial charge >= 0.3 is 0 Å². The molecule has 4 rings (SSSR count). The van der Waals surface area contributed by atoms with Gasteiger partial charge in [0.2, 0.25) is 0 Å². The molecule has 1 aliphatic rings. The lowest BCUT2D eigenvalue weighted by molar-refractivity contribution is 0.238. The number of halogens is 1. The molecule has 0 amide bonds. The minimum atomic E-state index is -4.05. The molecule has 0 unspecified atom stereocenters. The van der Waals surface area contributed by atoms with Crippen molar-refractivity contribution in [2.24, 2.45) is 0 Å². The number of phenolic OH excluding ortho intramolecular Hbond substituents is 1. The van der Waals surface area contributed by atoms with Crippen molar-refractivity contribution < 1.29 is 23.0 Å². The molecule has 0 atom stereocenters. The van der Waals surface area contributed by atoms with Gasteiger partial charge in [-0.2, -0.15) is 0 Å². The highest BCUT2D eigenvalue weighted by Crippen LogP contribution is 2.34. The summed E-state index contributed by atoms with van der Waals surface area (Å²) >= 11 is 6.14. The van der Waals surface area contributed by atoms with Gasteiger partial charge in [-0.05, 0) is 86.1 Å². The van der Waals surface area contributed by atoms with Crippen LogP contribution >= 0.6 is 11.6 Å². The number of sulfonamides is 1. The number of anilines is 1. The summed E-state index contributed by atoms with van der Waals surface area (Å²) in [4.78, 5) is 2.34. The molecular formula is C26H29ClN2O5S. The SMILES string of the molecule is COc1ccc(Cl)cc1S(=O)(=O)N(Cc1ccc(O)cc1)c1ccc(OCCN2CCCC2)cc1. The quantitative estimate of drug-likeness (QED) is 0.412. The van der Waals surface area contributed by atoms with E-state index >= 15 is 0 Å². The number of benzene rings is 3. The van der Waals surface area contributed by atoms with E-state index in [1.165, 1.54) is 48.5 Å². The second-order valence-corrected chi connectivity index (χ2v) is 10.6. The van der Waals surface area contributed by atoms with Crippen molar-refractivity contribution in [3.8, 4) is 17.2 Å². The topological polar surface area (TPSA) is 79.3 Å². The van der Waals surface area contributed by atoms with Crippen molar-refractivity contribution in [3.05, 3.63) is 77.3 Å². The molecule has 1 fully saturated rings. The van der Waals surface area contributed by atoms with Crippen LogP contribution in [-0.4, -0.2) is 51.8 Å². The highest BCUT2D eigenvalue weighted by atomic mass is 35.5. The molecule has 0 bridgehead atoms. The zero-order chi connectivity index (χ0) is 24.8. The summed E-state index contributed by atoms with van der Waals surface area (Å²) in [6.45, 7) is 3.72. The Hall–Kier alpha value is -2.94. The highest BCUT2D eigenvalue weighted by molar-refractivity contribution is 7.93. The minimum absolute atomic E-state index is 0.0304. The smallest absolute Gasteiger partial charge is 0.268 e. The van der Waals surface area contributed by atoms with Crippen LogP contribution in [0.2, 0.25) is 5.02 Å². The maximum absolute atomic E-state index is 13.8. The van der Waals surface area contributed by atoms with E-state index in [2.05, 4.69) is 4.90 Å². The average Bonchev–Trinajstić information content (AvgIpc) is 3.38. The second-order valence-electron chi connectivity index (χ2n) is 8.36. The Bertz CT molecular complexity index is 1230. The highest BCUT2D eigenvalue weighted by Gasteiger charge is 2.29. The lowest BCUT2D eigenvalue weighted by Gasteiger charge is -2.26. The minimum Gasteiger partial charge on any atom is -0.508 e. The van der Waals surface area contributed by atoms with E-state index < -0.39 is 10.0 Å². The number of aromatic hydroxyl groups is 1. The van der Waals surface area contributed by atoms with Gasteiger partial charge in [0.1, 0.15) is 28.8 Å². The molecule has 186 valence electrons. The molecule has 1 aliphatic heterocycles. The van der Waals surface area contributed by atoms with Gasteiger partial charge in [0.15, 0.2) is 0 Å². The zero-order valence-electron chi connectivity index (χ0n) is 19.6. The monoisotopic (exact) mass is 516 g/mol. The van der Waals surface area contributed by atoms with Crippen molar-refractivity contribution in [1.29, 1.82) is 0 Å². The zero-order valence-corrected chi connectivity index (χ0v) is 21.1. The van der Waals surface area contributed by atoms with Crippen molar-refractivity contribution in [2.45, 2.75) is 24.3 Å². The summed E-state index contributed by atoms with van der Waals surface area (Å²) in [7, 11) is -2.64. The molecule has 0 aliphatic carbocycles. The van der Waals surface area contributed by atoms with Crippen LogP contribution in [0.25, 0.3) is 0 Å². The van der Waals surface area contributed by atoms with E-state index in [0.717, 1.165) is 19.6 Å². The van der Waals surface area contributed by atoms with Gasteiger partial charge in [-0.15, -0.1) is 0 Å². The second kappa shape index (κ2) is 11.2. The Morgan fingerprint density at radius 3 is 2.34 bits per heavy atom. The molecule has 9 heteroatoms. The maximum atomic E-state index is 13.8. The van der Waals surface area contributed by atoms with Crippen LogP contribution in [0, 0.1) is 0 Å². The number of nitrogens with zero attached hydrogens (tertiary/aromatic N) is 2. The van der Waals surface area contributed by atoms with Gasteiger partial charge < -0.3 is 14.6 Å². The first kappa shape index (κ1) is 25.2. The van der Waals surface area contributed by atoms with Crippen molar-refractivity contribution in [3.63, 3.8) is 0 Å². The van der Waals surface area contributed by atoms with E-state index in [9.17, 15) is 13.5 Å². The fraction of sp³-hybridized carbons (Fsp3) is 0.308. The third kappa shape index (κ3) is 6.20. The van der Waals surface area contributed by atoms with Crippen molar-refractivity contribution >= 4 is 27.3 Å². The summed E-state index contributed by atoms with van der Waals surface area (Å²) in [5.74, 6) is 0.984. The molecule has 3 aromatic carbocycles. The first-order valence-corrected chi connectivity index (χ1v) is 13.3. The molecule has 7 nitrogen and oxygen atoms in total. The van der Waals surface area contributed by atoms with Gasteiger partial charge in [0, 0.05) is 11.6 Å². The number of rotatable bonds is 10. The molecule has 1 heterocycles. The Balaban J connectivity index is 1.61. The standard InChI is InChI=1S/C26H29ClN2O5S/c1-33-25-13-6-21(27)18-26(25)35(31,32)29(19-20-4-9-23(30)10-5-20)22-7-11-24(12-8-22)34-17-16-28-14-2-3-15-28/h4-13,18,30H,2-3,14-17,19H2,1H3. The van der Waals surface area contributed by atoms with Crippen LogP contribution < -0.4 is 13.8 Å². The molecule has 1 saturated heterocycles. The van der Waals surface area contributed by atoms with Crippen LogP contribution in [0.4, 0.5) is 5.69 Å². The van der Waals surface area contributed by atoms with Gasteiger partial charge in [0.05, 0.1) is 19.3 Å². The van der Waals surface area contributed by atoms with E-state index in [4.69, 9.17) is 21.1 Å². The number of hydrogen-bond donors (Lipinski definition) is 1. The Labute approximate surface area is 211 Å². The van der Waals surface area contributed by atoms with E-state index in [-0.39, 0.29) is 28.0 Å². The lowest BCUT2D eigenvalue weighted by Crippen LogP contribution is -2.31. The molecule has 3 aromatic rings. The van der Waals surface area contributed by atoms with Crippen molar-refractivity contribution in [2.75, 3.05) is 37.7 Å². The molecule has 0 radical (unpaired) electrons. The fourth-order valence-electron chi connectivity index (χ4n) is 4.06. The Morgan fingerprint density at radius 1 is 1.00 bits per heavy atom. The number of hydrogen-bond acceptors (Lipinski definition) is 6. The lowest BCUT2D eigenvalue weighted by atomic mass is 10.2. The molecule has 1 N–H and O–H groups in total. The summed E-state index contributed by atoms with van der Waals surface area (Å²) in [6.07, 6.45) is 2.47. The average molecular weight is 517 g/mol. The number of likely N-dealkylation sites (tertiary alicyclic amines) is 1. The van der Waals surface area contributed by atoms with Gasteiger partial charge in [-0.25, -0.2) is 8.42 Å². The number of phenols is 1. The fourth-order valence-corrected chi connectivity index (χ4v) is 5.93. The van der Waals surface area contributed by atoms with Crippen LogP contribution in [0.1, 0.15) is 18.4 Å². The summed E-state index contributed by atoms with van der Waals surface area (Å²) < 4.78 is 40.2. The van der Waals surface area contributed by atoms with Crippen LogP contribution in [0.3, 0.4) is 0 Å². The predicted octanol–water partition coefficient (Wildman–Crippen LogP) is 4.92. The normalized spacial score (nSPS) is 14.1. The number of ether oxygens (including phenoxy) is 2. The molecule has 35 heavy (non-hydrogen) atoms. The summed E-state index contributed by atoms with van der Waals surface area (Å²) in [6, 6.07) is 17.9. The molecule has 0 spiro atoms. The summed E-state index contributed by atoms with van der Waals surface area (Å²) in [5, 5.41) is 9.92. The Morgan fingerprint density at radius 2 is 1.69 bits per heavy atom. The van der Waals surface area contributed by atoms with Crippen LogP contribution in [0.15, 0.2) is 71.6 Å². The van der Waals surface area contributed by atoms with Gasteiger partial charge in [-0.1, -0.05) is 23.7 Å².